The molecule has 0 aliphatic carbocycles. The molecule has 6 nitrogen and oxygen atoms in total. The van der Waals surface area contributed by atoms with Crippen molar-refractivity contribution in [2.45, 2.75) is 17.9 Å². The molecule has 5 rings (SSSR count). The summed E-state index contributed by atoms with van der Waals surface area (Å²) in [5, 5.41) is 12.5. The van der Waals surface area contributed by atoms with Crippen molar-refractivity contribution in [2.24, 2.45) is 0 Å². The number of nitrogens with zero attached hydrogens (tertiary/aromatic N) is 4. The van der Waals surface area contributed by atoms with Crippen molar-refractivity contribution in [3.8, 4) is 22.6 Å². The first-order chi connectivity index (χ1) is 19.2. The number of amides is 1. The van der Waals surface area contributed by atoms with Crippen molar-refractivity contribution >= 4 is 45.9 Å². The SMILES string of the molecule is C=CCn1c(SCC(=O)Nc2cc(C(F)(F)F)ccc2Cl)nnc1-c1cc(-c2ccccc2)nc2ccccc12. The third-order valence-electron chi connectivity index (χ3n) is 5.96. The van der Waals surface area contributed by atoms with E-state index in [0.29, 0.717) is 17.5 Å². The van der Waals surface area contributed by atoms with Gasteiger partial charge in [-0.15, -0.1) is 16.8 Å². The third-order valence-corrected chi connectivity index (χ3v) is 7.25. The molecule has 2 aromatic heterocycles. The fraction of sp³-hybridized carbons (Fsp3) is 0.103. The average molecular weight is 580 g/mol. The van der Waals surface area contributed by atoms with Gasteiger partial charge in [0, 0.05) is 23.1 Å². The van der Waals surface area contributed by atoms with Crippen LogP contribution >= 0.6 is 23.4 Å². The van der Waals surface area contributed by atoms with Gasteiger partial charge in [-0.05, 0) is 30.3 Å². The Kier molecular flexibility index (Phi) is 7.90. The maximum atomic E-state index is 13.1. The van der Waals surface area contributed by atoms with Gasteiger partial charge in [-0.1, -0.05) is 78.0 Å². The second kappa shape index (κ2) is 11.5. The number of para-hydroxylation sites is 1. The number of thioether (sulfide) groups is 1. The van der Waals surface area contributed by atoms with E-state index in [2.05, 4.69) is 22.1 Å². The standard InChI is InChI=1S/C29H21ClF3N5OS/c1-2-14-38-27(21-16-24(18-8-4-3-5-9-18)34-23-11-7-6-10-20(21)23)36-37-28(38)40-17-26(39)35-25-15-19(29(31,32)33)12-13-22(25)30/h2-13,15-16H,1,14,17H2,(H,35,39). The Balaban J connectivity index is 1.44. The number of nitrogens with one attached hydrogen (secondary N) is 1. The molecule has 0 aliphatic rings. The molecule has 3 aromatic carbocycles. The minimum absolute atomic E-state index is 0.00208. The molecular formula is C29H21ClF3N5OS. The molecule has 40 heavy (non-hydrogen) atoms. The monoisotopic (exact) mass is 579 g/mol. The molecule has 202 valence electrons. The van der Waals surface area contributed by atoms with Gasteiger partial charge in [0.1, 0.15) is 0 Å². The minimum Gasteiger partial charge on any atom is -0.324 e. The van der Waals surface area contributed by atoms with Gasteiger partial charge >= 0.3 is 6.18 Å². The predicted molar refractivity (Wildman–Crippen MR) is 152 cm³/mol. The van der Waals surface area contributed by atoms with Crippen molar-refractivity contribution in [1.82, 2.24) is 19.7 Å². The van der Waals surface area contributed by atoms with Gasteiger partial charge < -0.3 is 5.32 Å². The Morgan fingerprint density at radius 1 is 1.02 bits per heavy atom. The first-order valence-electron chi connectivity index (χ1n) is 12.0. The second-order valence-electron chi connectivity index (χ2n) is 8.67. The first-order valence-corrected chi connectivity index (χ1v) is 13.4. The lowest BCUT2D eigenvalue weighted by atomic mass is 10.0. The summed E-state index contributed by atoms with van der Waals surface area (Å²) in [5.41, 5.74) is 2.30. The average Bonchev–Trinajstić information content (AvgIpc) is 3.34. The number of benzene rings is 3. The van der Waals surface area contributed by atoms with Crippen LogP contribution in [0.4, 0.5) is 18.9 Å². The number of alkyl halides is 3. The molecule has 0 bridgehead atoms. The van der Waals surface area contributed by atoms with E-state index in [-0.39, 0.29) is 16.5 Å². The minimum atomic E-state index is -4.56. The summed E-state index contributed by atoms with van der Waals surface area (Å²) in [6, 6.07) is 22.2. The summed E-state index contributed by atoms with van der Waals surface area (Å²) in [4.78, 5) is 17.5. The quantitative estimate of drug-likeness (QED) is 0.150. The highest BCUT2D eigenvalue weighted by atomic mass is 35.5. The Labute approximate surface area is 236 Å². The van der Waals surface area contributed by atoms with E-state index in [1.807, 2.05) is 65.2 Å². The lowest BCUT2D eigenvalue weighted by molar-refractivity contribution is -0.137. The van der Waals surface area contributed by atoms with Gasteiger partial charge in [0.2, 0.25) is 5.91 Å². The Bertz CT molecular complexity index is 1710. The Hall–Kier alpha value is -4.15. The van der Waals surface area contributed by atoms with Gasteiger partial charge in [-0.3, -0.25) is 9.36 Å². The number of carbonyl (C=O) groups excluding carboxylic acids is 1. The largest absolute Gasteiger partial charge is 0.416 e. The summed E-state index contributed by atoms with van der Waals surface area (Å²) in [6.45, 7) is 4.21. The lowest BCUT2D eigenvalue weighted by Gasteiger charge is -2.13. The maximum absolute atomic E-state index is 13.1. The van der Waals surface area contributed by atoms with Crippen molar-refractivity contribution in [3.63, 3.8) is 0 Å². The number of hydrogen-bond acceptors (Lipinski definition) is 5. The Morgan fingerprint density at radius 2 is 1.77 bits per heavy atom. The number of pyridine rings is 1. The number of anilines is 1. The van der Waals surface area contributed by atoms with E-state index in [9.17, 15) is 18.0 Å². The molecule has 0 unspecified atom stereocenters. The zero-order valence-corrected chi connectivity index (χ0v) is 22.4. The third kappa shape index (κ3) is 5.88. The van der Waals surface area contributed by atoms with E-state index < -0.39 is 17.6 Å². The molecule has 0 fully saturated rings. The van der Waals surface area contributed by atoms with Crippen molar-refractivity contribution in [3.05, 3.63) is 102 Å². The molecule has 2 heterocycles. The first kappa shape index (κ1) is 27.4. The molecule has 0 atom stereocenters. The van der Waals surface area contributed by atoms with E-state index in [0.717, 1.165) is 57.7 Å². The number of allylic oxidation sites excluding steroid dienone is 1. The molecule has 5 aromatic rings. The van der Waals surface area contributed by atoms with Crippen LogP contribution in [0.15, 0.2) is 96.7 Å². The Morgan fingerprint density at radius 3 is 2.52 bits per heavy atom. The number of aromatic nitrogens is 4. The maximum Gasteiger partial charge on any atom is 0.416 e. The second-order valence-corrected chi connectivity index (χ2v) is 10.0. The van der Waals surface area contributed by atoms with Crippen LogP contribution in [0.2, 0.25) is 5.02 Å². The molecule has 0 spiro atoms. The topological polar surface area (TPSA) is 72.7 Å². The van der Waals surface area contributed by atoms with E-state index in [4.69, 9.17) is 16.6 Å². The summed E-state index contributed by atoms with van der Waals surface area (Å²) in [7, 11) is 0. The number of rotatable bonds is 8. The highest BCUT2D eigenvalue weighted by Gasteiger charge is 2.31. The molecule has 1 N–H and O–H groups in total. The molecule has 0 aliphatic heterocycles. The van der Waals surface area contributed by atoms with Crippen LogP contribution in [-0.2, 0) is 17.5 Å². The van der Waals surface area contributed by atoms with Crippen LogP contribution in [0.25, 0.3) is 33.5 Å². The fourth-order valence-corrected chi connectivity index (χ4v) is 5.03. The van der Waals surface area contributed by atoms with Gasteiger partial charge in [-0.25, -0.2) is 4.98 Å². The van der Waals surface area contributed by atoms with Crippen LogP contribution in [-0.4, -0.2) is 31.4 Å². The van der Waals surface area contributed by atoms with Gasteiger partial charge in [0.25, 0.3) is 0 Å². The van der Waals surface area contributed by atoms with E-state index in [1.165, 1.54) is 0 Å². The highest BCUT2D eigenvalue weighted by Crippen LogP contribution is 2.35. The number of halogens is 4. The van der Waals surface area contributed by atoms with Crippen LogP contribution in [0.3, 0.4) is 0 Å². The molecule has 11 heteroatoms. The highest BCUT2D eigenvalue weighted by molar-refractivity contribution is 7.99. The van der Waals surface area contributed by atoms with Gasteiger partial charge in [0.05, 0.1) is 33.2 Å². The summed E-state index contributed by atoms with van der Waals surface area (Å²) < 4.78 is 41.1. The van der Waals surface area contributed by atoms with Crippen LogP contribution in [0.5, 0.6) is 0 Å². The van der Waals surface area contributed by atoms with Gasteiger partial charge in [0.15, 0.2) is 11.0 Å². The molecule has 0 radical (unpaired) electrons. The molecule has 0 saturated carbocycles. The van der Waals surface area contributed by atoms with Crippen LogP contribution in [0.1, 0.15) is 5.56 Å². The van der Waals surface area contributed by atoms with Crippen LogP contribution < -0.4 is 5.32 Å². The zero-order valence-electron chi connectivity index (χ0n) is 20.8. The van der Waals surface area contributed by atoms with E-state index in [1.54, 1.807) is 6.08 Å². The summed E-state index contributed by atoms with van der Waals surface area (Å²) >= 11 is 7.12. The fourth-order valence-electron chi connectivity index (χ4n) is 4.12. The zero-order chi connectivity index (χ0) is 28.3. The summed E-state index contributed by atoms with van der Waals surface area (Å²) in [6.07, 6.45) is -2.87. The van der Waals surface area contributed by atoms with Crippen molar-refractivity contribution in [1.29, 1.82) is 0 Å². The van der Waals surface area contributed by atoms with Crippen molar-refractivity contribution in [2.75, 3.05) is 11.1 Å². The smallest absolute Gasteiger partial charge is 0.324 e. The predicted octanol–water partition coefficient (Wildman–Crippen LogP) is 7.75. The molecule has 1 amide bonds. The number of fused-ring (bicyclic) bond motifs is 1. The number of hydrogen-bond donors (Lipinski definition) is 1. The summed E-state index contributed by atoms with van der Waals surface area (Å²) in [5.74, 6) is -0.102. The molecular weight excluding hydrogens is 559 g/mol. The van der Waals surface area contributed by atoms with E-state index >= 15 is 0 Å². The molecule has 0 saturated heterocycles. The lowest BCUT2D eigenvalue weighted by Crippen LogP contribution is -2.16. The van der Waals surface area contributed by atoms with Crippen molar-refractivity contribution < 1.29 is 18.0 Å². The number of carbonyl (C=O) groups is 1. The van der Waals surface area contributed by atoms with Gasteiger partial charge in [-0.2, -0.15) is 13.2 Å². The normalized spacial score (nSPS) is 11.5. The van der Waals surface area contributed by atoms with Crippen LogP contribution in [0, 0.1) is 0 Å².